The minimum absolute atomic E-state index is 0.314. The molecule has 0 aliphatic rings. The fourth-order valence-electron chi connectivity index (χ4n) is 2.81. The molecule has 1 aromatic heterocycles. The van der Waals surface area contributed by atoms with Gasteiger partial charge in [-0.1, -0.05) is 0 Å². The Hall–Kier alpha value is -3.89. The summed E-state index contributed by atoms with van der Waals surface area (Å²) in [4.78, 5) is 26.2. The molecule has 0 aliphatic heterocycles. The van der Waals surface area contributed by atoms with Crippen LogP contribution in [-0.4, -0.2) is 34.7 Å². The first-order valence-corrected chi connectivity index (χ1v) is 8.32. The molecule has 0 spiro atoms. The number of hydrogen-bond acceptors (Lipinski definition) is 6. The van der Waals surface area contributed by atoms with Crippen molar-refractivity contribution in [2.75, 3.05) is 14.2 Å². The molecule has 156 valence electrons. The number of hydrogen-bond donors (Lipinski definition) is 0. The average Bonchev–Trinajstić information content (AvgIpc) is 3.21. The minimum Gasteiger partial charge on any atom is -0.497 e. The van der Waals surface area contributed by atoms with Crippen LogP contribution in [0.15, 0.2) is 48.9 Å². The molecule has 0 unspecified atom stereocenters. The molecule has 3 rings (SSSR count). The van der Waals surface area contributed by atoms with Gasteiger partial charge in [-0.05, 0) is 30.3 Å². The van der Waals surface area contributed by atoms with Crippen molar-refractivity contribution < 1.29 is 32.4 Å². The third-order valence-corrected chi connectivity index (χ3v) is 4.27. The lowest BCUT2D eigenvalue weighted by atomic mass is 10.1. The summed E-state index contributed by atoms with van der Waals surface area (Å²) in [5.41, 5.74) is -2.44. The van der Waals surface area contributed by atoms with Gasteiger partial charge >= 0.3 is 12.1 Å². The van der Waals surface area contributed by atoms with E-state index in [1.165, 1.54) is 13.3 Å². The summed E-state index contributed by atoms with van der Waals surface area (Å²) in [6.07, 6.45) is -2.48. The lowest BCUT2D eigenvalue weighted by Gasteiger charge is -2.14. The van der Waals surface area contributed by atoms with E-state index in [-0.39, 0.29) is 0 Å². The van der Waals surface area contributed by atoms with E-state index < -0.39 is 39.6 Å². The van der Waals surface area contributed by atoms with Crippen LogP contribution in [0.25, 0.3) is 16.9 Å². The summed E-state index contributed by atoms with van der Waals surface area (Å²) in [6, 6.07) is 7.76. The maximum absolute atomic E-state index is 13.6. The number of benzene rings is 2. The molecule has 0 saturated heterocycles. The topological polar surface area (TPSA) is 96.5 Å². The first kappa shape index (κ1) is 20.8. The molecule has 0 N–H and O–H groups in total. The van der Waals surface area contributed by atoms with Crippen LogP contribution in [-0.2, 0) is 10.9 Å². The van der Waals surface area contributed by atoms with E-state index in [0.717, 1.165) is 24.1 Å². The van der Waals surface area contributed by atoms with Crippen LogP contribution in [0.1, 0.15) is 15.9 Å². The molecule has 30 heavy (non-hydrogen) atoms. The lowest BCUT2D eigenvalue weighted by Crippen LogP contribution is -2.14. The fourth-order valence-corrected chi connectivity index (χ4v) is 2.81. The van der Waals surface area contributed by atoms with Crippen LogP contribution in [0.2, 0.25) is 0 Å². The smallest absolute Gasteiger partial charge is 0.418 e. The summed E-state index contributed by atoms with van der Waals surface area (Å²) >= 11 is 0. The highest BCUT2D eigenvalue weighted by Crippen LogP contribution is 2.38. The number of imidazole rings is 1. The number of halogens is 3. The standard InChI is InChI=1S/C19H14F3N3O5/c1-29-12-5-3-11(4-6-12)15-9-24(10-23-15)17-7-13(18(26)30-2)16(25(27)28)8-14(17)19(20,21)22/h3-10H,1-2H3. The molecule has 8 nitrogen and oxygen atoms in total. The molecule has 1 heterocycles. The van der Waals surface area contributed by atoms with Crippen molar-refractivity contribution in [1.29, 1.82) is 0 Å². The van der Waals surface area contributed by atoms with Gasteiger partial charge in [0.25, 0.3) is 5.69 Å². The first-order valence-electron chi connectivity index (χ1n) is 8.32. The van der Waals surface area contributed by atoms with Crippen molar-refractivity contribution >= 4 is 11.7 Å². The molecule has 3 aromatic rings. The zero-order valence-electron chi connectivity index (χ0n) is 15.6. The van der Waals surface area contributed by atoms with Crippen molar-refractivity contribution in [1.82, 2.24) is 9.55 Å². The number of carbonyl (C=O) groups is 1. The predicted molar refractivity (Wildman–Crippen MR) is 98.5 cm³/mol. The molecule has 0 radical (unpaired) electrons. The van der Waals surface area contributed by atoms with Gasteiger partial charge < -0.3 is 14.0 Å². The van der Waals surface area contributed by atoms with Crippen LogP contribution in [0.5, 0.6) is 5.75 Å². The quantitative estimate of drug-likeness (QED) is 0.347. The van der Waals surface area contributed by atoms with Gasteiger partial charge in [0.05, 0.1) is 42.4 Å². The summed E-state index contributed by atoms with van der Waals surface area (Å²) in [6.45, 7) is 0. The predicted octanol–water partition coefficient (Wildman–Crippen LogP) is 4.26. The maximum atomic E-state index is 13.6. The highest BCUT2D eigenvalue weighted by Gasteiger charge is 2.38. The van der Waals surface area contributed by atoms with E-state index in [0.29, 0.717) is 23.1 Å². The molecule has 0 amide bonds. The zero-order valence-corrected chi connectivity index (χ0v) is 15.6. The third-order valence-electron chi connectivity index (χ3n) is 4.27. The molecular weight excluding hydrogens is 407 g/mol. The van der Waals surface area contributed by atoms with Gasteiger partial charge in [-0.2, -0.15) is 13.2 Å². The highest BCUT2D eigenvalue weighted by molar-refractivity contribution is 5.95. The monoisotopic (exact) mass is 421 g/mol. The van der Waals surface area contributed by atoms with Gasteiger partial charge in [0.1, 0.15) is 11.3 Å². The summed E-state index contributed by atoms with van der Waals surface area (Å²) in [5, 5.41) is 11.2. The largest absolute Gasteiger partial charge is 0.497 e. The number of alkyl halides is 3. The third kappa shape index (κ3) is 3.95. The number of nitrogens with zero attached hydrogens (tertiary/aromatic N) is 3. The summed E-state index contributed by atoms with van der Waals surface area (Å²) in [7, 11) is 2.47. The SMILES string of the molecule is COC(=O)c1cc(-n2cnc(-c3ccc(OC)cc3)c2)c(C(F)(F)F)cc1[N+](=O)[O-]. The maximum Gasteiger partial charge on any atom is 0.418 e. The molecule has 11 heteroatoms. The molecule has 0 bridgehead atoms. The number of carbonyl (C=O) groups excluding carboxylic acids is 1. The number of ether oxygens (including phenoxy) is 2. The fraction of sp³-hybridized carbons (Fsp3) is 0.158. The molecular formula is C19H14F3N3O5. The average molecular weight is 421 g/mol. The highest BCUT2D eigenvalue weighted by atomic mass is 19.4. The Labute approximate surface area is 167 Å². The van der Waals surface area contributed by atoms with E-state index >= 15 is 0 Å². The van der Waals surface area contributed by atoms with Gasteiger partial charge in [0.2, 0.25) is 0 Å². The summed E-state index contributed by atoms with van der Waals surface area (Å²) in [5.74, 6) is -0.539. The Morgan fingerprint density at radius 3 is 2.37 bits per heavy atom. The second kappa shape index (κ2) is 7.85. The second-order valence-corrected chi connectivity index (χ2v) is 6.03. The Morgan fingerprint density at radius 1 is 1.17 bits per heavy atom. The van der Waals surface area contributed by atoms with Crippen molar-refractivity contribution in [2.45, 2.75) is 6.18 Å². The van der Waals surface area contributed by atoms with Crippen molar-refractivity contribution in [3.8, 4) is 22.7 Å². The number of rotatable bonds is 5. The van der Waals surface area contributed by atoms with Gasteiger partial charge in [-0.25, -0.2) is 9.78 Å². The lowest BCUT2D eigenvalue weighted by molar-refractivity contribution is -0.385. The minimum atomic E-state index is -4.92. The van der Waals surface area contributed by atoms with E-state index in [1.54, 1.807) is 24.3 Å². The number of methoxy groups -OCH3 is 2. The van der Waals surface area contributed by atoms with Gasteiger partial charge in [0.15, 0.2) is 0 Å². The molecule has 2 aromatic carbocycles. The van der Waals surface area contributed by atoms with Gasteiger partial charge in [-0.15, -0.1) is 0 Å². The molecule has 0 saturated carbocycles. The van der Waals surface area contributed by atoms with Crippen LogP contribution >= 0.6 is 0 Å². The Balaban J connectivity index is 2.17. The Kier molecular flexibility index (Phi) is 5.45. The number of aromatic nitrogens is 2. The van der Waals surface area contributed by atoms with Crippen LogP contribution < -0.4 is 4.74 Å². The van der Waals surface area contributed by atoms with Gasteiger partial charge in [0, 0.05) is 17.8 Å². The van der Waals surface area contributed by atoms with Crippen LogP contribution in [0, 0.1) is 10.1 Å². The van der Waals surface area contributed by atoms with E-state index in [1.807, 2.05) is 0 Å². The van der Waals surface area contributed by atoms with Gasteiger partial charge in [-0.3, -0.25) is 10.1 Å². The Morgan fingerprint density at radius 2 is 1.83 bits per heavy atom. The van der Waals surface area contributed by atoms with E-state index in [4.69, 9.17) is 4.74 Å². The number of nitro benzene ring substituents is 1. The summed E-state index contributed by atoms with van der Waals surface area (Å²) < 4.78 is 51.4. The normalized spacial score (nSPS) is 11.2. The van der Waals surface area contributed by atoms with E-state index in [2.05, 4.69) is 9.72 Å². The van der Waals surface area contributed by atoms with Crippen molar-refractivity contribution in [2.24, 2.45) is 0 Å². The van der Waals surface area contributed by atoms with Crippen LogP contribution in [0.3, 0.4) is 0 Å². The van der Waals surface area contributed by atoms with Crippen LogP contribution in [0.4, 0.5) is 18.9 Å². The Bertz CT molecular complexity index is 1110. The number of esters is 1. The molecule has 0 fully saturated rings. The first-order chi connectivity index (χ1) is 14.2. The zero-order chi connectivity index (χ0) is 22.1. The molecule has 0 atom stereocenters. The van der Waals surface area contributed by atoms with E-state index in [9.17, 15) is 28.1 Å². The van der Waals surface area contributed by atoms with Crippen molar-refractivity contribution in [3.63, 3.8) is 0 Å². The molecule has 0 aliphatic carbocycles. The van der Waals surface area contributed by atoms with Crippen molar-refractivity contribution in [3.05, 3.63) is 70.2 Å². The number of nitro groups is 1. The second-order valence-electron chi connectivity index (χ2n) is 6.03.